The first-order valence-electron chi connectivity index (χ1n) is 12.5. The van der Waals surface area contributed by atoms with Crippen molar-refractivity contribution in [3.63, 3.8) is 0 Å². The molecule has 202 valence electrons. The van der Waals surface area contributed by atoms with Crippen molar-refractivity contribution >= 4 is 23.9 Å². The number of carbonyl (C=O) groups is 4. The maximum atomic E-state index is 12.9. The fourth-order valence-electron chi connectivity index (χ4n) is 4.33. The number of benzene rings is 2. The van der Waals surface area contributed by atoms with Gasteiger partial charge in [0.25, 0.3) is 11.8 Å². The van der Waals surface area contributed by atoms with E-state index in [1.807, 2.05) is 30.3 Å². The standard InChI is InChI=1S/C27H33N5O6/c1-27(2,3)38-25(35)28-15-18-9-11-20(12-10-18)23(33)29-30-24(34)22-14-13-21-16-31(22)26(36)32(21)37-17-19-7-5-4-6-8-19/h4-12,21-22H,13-17H2,1-3H3,(H,28,35)(H,29,33)(H,30,34). The minimum Gasteiger partial charge on any atom is -0.444 e. The second kappa shape index (κ2) is 11.5. The molecular formula is C27H33N5O6. The lowest BCUT2D eigenvalue weighted by molar-refractivity contribution is -0.140. The molecule has 0 spiro atoms. The van der Waals surface area contributed by atoms with Crippen LogP contribution in [0, 0.1) is 0 Å². The van der Waals surface area contributed by atoms with E-state index in [9.17, 15) is 19.2 Å². The number of hydroxylamine groups is 2. The number of carbonyl (C=O) groups excluding carboxylic acids is 4. The van der Waals surface area contributed by atoms with Crippen LogP contribution in [-0.4, -0.2) is 58.1 Å². The maximum Gasteiger partial charge on any atom is 0.407 e. The van der Waals surface area contributed by atoms with Crippen molar-refractivity contribution in [1.29, 1.82) is 0 Å². The summed E-state index contributed by atoms with van der Waals surface area (Å²) in [6.07, 6.45) is 0.545. The molecule has 11 nitrogen and oxygen atoms in total. The van der Waals surface area contributed by atoms with Crippen molar-refractivity contribution in [2.24, 2.45) is 0 Å². The molecule has 38 heavy (non-hydrogen) atoms. The molecule has 2 aromatic rings. The number of ether oxygens (including phenoxy) is 1. The van der Waals surface area contributed by atoms with E-state index in [-0.39, 0.29) is 25.2 Å². The first-order valence-corrected chi connectivity index (χ1v) is 12.5. The third-order valence-electron chi connectivity index (χ3n) is 6.19. The highest BCUT2D eigenvalue weighted by Gasteiger charge is 2.48. The molecule has 2 heterocycles. The van der Waals surface area contributed by atoms with Crippen LogP contribution >= 0.6 is 0 Å². The van der Waals surface area contributed by atoms with Crippen LogP contribution in [-0.2, 0) is 27.5 Å². The van der Waals surface area contributed by atoms with Gasteiger partial charge >= 0.3 is 12.1 Å². The molecule has 0 radical (unpaired) electrons. The molecule has 2 aliphatic heterocycles. The Morgan fingerprint density at radius 3 is 2.34 bits per heavy atom. The molecule has 2 aliphatic rings. The molecule has 0 aliphatic carbocycles. The van der Waals surface area contributed by atoms with Crippen LogP contribution in [0.4, 0.5) is 9.59 Å². The summed E-state index contributed by atoms with van der Waals surface area (Å²) in [7, 11) is 0. The monoisotopic (exact) mass is 523 g/mol. The summed E-state index contributed by atoms with van der Waals surface area (Å²) in [6.45, 7) is 6.24. The summed E-state index contributed by atoms with van der Waals surface area (Å²) >= 11 is 0. The number of alkyl carbamates (subject to hydrolysis) is 1. The van der Waals surface area contributed by atoms with Gasteiger partial charge in [-0.1, -0.05) is 42.5 Å². The van der Waals surface area contributed by atoms with Crippen molar-refractivity contribution < 1.29 is 28.8 Å². The van der Waals surface area contributed by atoms with Gasteiger partial charge in [0, 0.05) is 18.7 Å². The van der Waals surface area contributed by atoms with Gasteiger partial charge < -0.3 is 15.0 Å². The van der Waals surface area contributed by atoms with Crippen molar-refractivity contribution in [2.45, 2.75) is 64.4 Å². The van der Waals surface area contributed by atoms with Gasteiger partial charge in [-0.05, 0) is 56.9 Å². The van der Waals surface area contributed by atoms with Gasteiger partial charge in [0.15, 0.2) is 0 Å². The van der Waals surface area contributed by atoms with Crippen molar-refractivity contribution in [2.75, 3.05) is 6.54 Å². The van der Waals surface area contributed by atoms with Gasteiger partial charge in [-0.2, -0.15) is 5.06 Å². The molecule has 2 unspecified atom stereocenters. The number of urea groups is 1. The summed E-state index contributed by atoms with van der Waals surface area (Å²) in [4.78, 5) is 57.3. The molecule has 2 aromatic carbocycles. The molecule has 0 saturated carbocycles. The fourth-order valence-corrected chi connectivity index (χ4v) is 4.33. The molecule has 5 amide bonds. The fraction of sp³-hybridized carbons (Fsp3) is 0.407. The van der Waals surface area contributed by atoms with E-state index in [1.165, 1.54) is 9.96 Å². The maximum absolute atomic E-state index is 12.9. The van der Waals surface area contributed by atoms with Crippen molar-refractivity contribution in [3.05, 3.63) is 71.3 Å². The number of amides is 5. The van der Waals surface area contributed by atoms with Gasteiger partial charge in [0.05, 0.1) is 6.04 Å². The van der Waals surface area contributed by atoms with Gasteiger partial charge in [0.2, 0.25) is 0 Å². The predicted octanol–water partition coefficient (Wildman–Crippen LogP) is 2.87. The van der Waals surface area contributed by atoms with Crippen LogP contribution in [0.5, 0.6) is 0 Å². The van der Waals surface area contributed by atoms with E-state index < -0.39 is 29.6 Å². The molecule has 2 atom stereocenters. The molecule has 2 saturated heterocycles. The SMILES string of the molecule is CC(C)(C)OC(=O)NCc1ccc(C(=O)NNC(=O)C2CCC3CN2C(=O)N3OCc2ccccc2)cc1. The first kappa shape index (κ1) is 26.9. The topological polar surface area (TPSA) is 129 Å². The van der Waals surface area contributed by atoms with Gasteiger partial charge in [-0.15, -0.1) is 0 Å². The van der Waals surface area contributed by atoms with Crippen molar-refractivity contribution in [1.82, 2.24) is 26.1 Å². The largest absolute Gasteiger partial charge is 0.444 e. The smallest absolute Gasteiger partial charge is 0.407 e. The summed E-state index contributed by atoms with van der Waals surface area (Å²) in [6, 6.07) is 14.9. The Morgan fingerprint density at radius 2 is 1.66 bits per heavy atom. The van der Waals surface area contributed by atoms with E-state index in [0.29, 0.717) is 24.9 Å². The van der Waals surface area contributed by atoms with E-state index >= 15 is 0 Å². The Balaban J connectivity index is 1.24. The molecular weight excluding hydrogens is 490 g/mol. The minimum absolute atomic E-state index is 0.117. The van der Waals surface area contributed by atoms with Crippen molar-refractivity contribution in [3.8, 4) is 0 Å². The van der Waals surface area contributed by atoms with Gasteiger partial charge in [0.1, 0.15) is 18.2 Å². The number of fused-ring (bicyclic) bond motifs is 2. The van der Waals surface area contributed by atoms with E-state index in [0.717, 1.165) is 11.1 Å². The van der Waals surface area contributed by atoms with Crippen LogP contribution < -0.4 is 16.2 Å². The zero-order valence-electron chi connectivity index (χ0n) is 21.7. The Labute approximate surface area is 221 Å². The van der Waals surface area contributed by atoms with Crippen LogP contribution in [0.2, 0.25) is 0 Å². The Bertz CT molecular complexity index is 1160. The normalized spacial score (nSPS) is 18.7. The average Bonchev–Trinajstić information content (AvgIpc) is 3.13. The molecule has 4 rings (SSSR count). The lowest BCUT2D eigenvalue weighted by Gasteiger charge is -2.29. The number of hydrogen-bond acceptors (Lipinski definition) is 6. The van der Waals surface area contributed by atoms with Crippen LogP contribution in [0.1, 0.15) is 55.1 Å². The Hall–Kier alpha value is -4.12. The third-order valence-corrected chi connectivity index (χ3v) is 6.19. The number of piperidine rings is 1. The van der Waals surface area contributed by atoms with E-state index in [2.05, 4.69) is 16.2 Å². The zero-order chi connectivity index (χ0) is 27.3. The zero-order valence-corrected chi connectivity index (χ0v) is 21.7. The lowest BCUT2D eigenvalue weighted by atomic mass is 10.0. The number of nitrogens with one attached hydrogen (secondary N) is 3. The average molecular weight is 524 g/mol. The predicted molar refractivity (Wildman–Crippen MR) is 137 cm³/mol. The molecule has 2 fully saturated rings. The first-order chi connectivity index (χ1) is 18.1. The van der Waals surface area contributed by atoms with Gasteiger partial charge in [-0.25, -0.2) is 9.59 Å². The number of rotatable bonds is 7. The lowest BCUT2D eigenvalue weighted by Crippen LogP contribution is -2.54. The van der Waals surface area contributed by atoms with Crippen LogP contribution in [0.3, 0.4) is 0 Å². The van der Waals surface area contributed by atoms with E-state index in [4.69, 9.17) is 9.57 Å². The highest BCUT2D eigenvalue weighted by Crippen LogP contribution is 2.30. The third kappa shape index (κ3) is 6.80. The van der Waals surface area contributed by atoms with Gasteiger partial charge in [-0.3, -0.25) is 25.3 Å². The Kier molecular flexibility index (Phi) is 8.16. The highest BCUT2D eigenvalue weighted by atomic mass is 16.7. The molecule has 3 N–H and O–H groups in total. The Morgan fingerprint density at radius 1 is 0.947 bits per heavy atom. The second-order valence-electron chi connectivity index (χ2n) is 10.3. The van der Waals surface area contributed by atoms with Crippen LogP contribution in [0.25, 0.3) is 0 Å². The van der Waals surface area contributed by atoms with Crippen LogP contribution in [0.15, 0.2) is 54.6 Å². The second-order valence-corrected chi connectivity index (χ2v) is 10.3. The summed E-state index contributed by atoms with van der Waals surface area (Å²) < 4.78 is 5.20. The molecule has 0 aromatic heterocycles. The summed E-state index contributed by atoms with van der Waals surface area (Å²) in [5, 5.41) is 4.01. The number of hydrazine groups is 1. The number of hydrogen-bond donors (Lipinski definition) is 3. The number of nitrogens with zero attached hydrogens (tertiary/aromatic N) is 2. The minimum atomic E-state index is -0.703. The highest BCUT2D eigenvalue weighted by molar-refractivity contribution is 5.96. The summed E-state index contributed by atoms with van der Waals surface area (Å²) in [5.41, 5.74) is 6.31. The summed E-state index contributed by atoms with van der Waals surface area (Å²) in [5.74, 6) is -0.965. The molecule has 2 bridgehead atoms. The quantitative estimate of drug-likeness (QED) is 0.479. The van der Waals surface area contributed by atoms with E-state index in [1.54, 1.807) is 45.0 Å². The molecule has 11 heteroatoms.